The minimum absolute atomic E-state index is 0.203. The van der Waals surface area contributed by atoms with Crippen LogP contribution in [0.15, 0.2) is 36.5 Å². The Morgan fingerprint density at radius 3 is 2.88 bits per heavy atom. The molecule has 0 amide bonds. The fourth-order valence-corrected chi connectivity index (χ4v) is 1.70. The number of rotatable bonds is 1. The maximum Gasteiger partial charge on any atom is 0.192 e. The first-order valence-electron chi connectivity index (χ1n) is 4.71. The summed E-state index contributed by atoms with van der Waals surface area (Å²) in [6, 6.07) is 7.40. The van der Waals surface area contributed by atoms with Crippen LogP contribution >= 0.6 is 23.8 Å². The SMILES string of the molecule is NC1C=CN(C(=S)Nc2ccccc2Cl)N1. The molecule has 0 saturated heterocycles. The second-order valence-electron chi connectivity index (χ2n) is 3.28. The normalized spacial score (nSPS) is 18.9. The van der Waals surface area contributed by atoms with E-state index >= 15 is 0 Å². The number of nitrogens with one attached hydrogen (secondary N) is 2. The molecule has 16 heavy (non-hydrogen) atoms. The number of nitrogens with zero attached hydrogens (tertiary/aromatic N) is 1. The Labute approximate surface area is 104 Å². The molecule has 2 rings (SSSR count). The highest BCUT2D eigenvalue weighted by molar-refractivity contribution is 7.80. The minimum atomic E-state index is -0.203. The third-order valence-corrected chi connectivity index (χ3v) is 2.69. The van der Waals surface area contributed by atoms with Gasteiger partial charge in [-0.05, 0) is 30.4 Å². The molecule has 0 radical (unpaired) electrons. The lowest BCUT2D eigenvalue weighted by atomic mass is 10.3. The Hall–Kier alpha value is -1.14. The van der Waals surface area contributed by atoms with Crippen molar-refractivity contribution >= 4 is 34.6 Å². The van der Waals surface area contributed by atoms with Crippen molar-refractivity contribution in [3.05, 3.63) is 41.6 Å². The summed E-state index contributed by atoms with van der Waals surface area (Å²) in [5.41, 5.74) is 9.35. The van der Waals surface area contributed by atoms with Crippen molar-refractivity contribution in [2.24, 2.45) is 5.73 Å². The quantitative estimate of drug-likeness (QED) is 0.666. The van der Waals surface area contributed by atoms with Gasteiger partial charge in [0, 0.05) is 6.20 Å². The molecule has 1 aromatic carbocycles. The molecule has 4 nitrogen and oxygen atoms in total. The van der Waals surface area contributed by atoms with Gasteiger partial charge in [0.05, 0.1) is 16.9 Å². The lowest BCUT2D eigenvalue weighted by Gasteiger charge is -2.20. The van der Waals surface area contributed by atoms with Crippen LogP contribution in [-0.4, -0.2) is 16.3 Å². The predicted molar refractivity (Wildman–Crippen MR) is 69.8 cm³/mol. The third kappa shape index (κ3) is 2.51. The first kappa shape index (κ1) is 11.3. The Kier molecular flexibility index (Phi) is 3.40. The summed E-state index contributed by atoms with van der Waals surface area (Å²) in [5.74, 6) is 0. The van der Waals surface area contributed by atoms with Gasteiger partial charge in [-0.15, -0.1) is 0 Å². The fraction of sp³-hybridized carbons (Fsp3) is 0.100. The van der Waals surface area contributed by atoms with Gasteiger partial charge in [0.25, 0.3) is 0 Å². The zero-order valence-corrected chi connectivity index (χ0v) is 9.92. The van der Waals surface area contributed by atoms with Crippen molar-refractivity contribution in [2.45, 2.75) is 6.17 Å². The zero-order valence-electron chi connectivity index (χ0n) is 8.35. The van der Waals surface area contributed by atoms with Crippen LogP contribution in [0.3, 0.4) is 0 Å². The summed E-state index contributed by atoms with van der Waals surface area (Å²) in [4.78, 5) is 0. The maximum absolute atomic E-state index is 6.00. The Morgan fingerprint density at radius 1 is 1.50 bits per heavy atom. The summed E-state index contributed by atoms with van der Waals surface area (Å²) < 4.78 is 0. The minimum Gasteiger partial charge on any atom is -0.330 e. The molecular weight excluding hydrogens is 244 g/mol. The van der Waals surface area contributed by atoms with Crippen LogP contribution in [0.4, 0.5) is 5.69 Å². The molecule has 1 aliphatic rings. The van der Waals surface area contributed by atoms with Gasteiger partial charge in [-0.3, -0.25) is 5.01 Å². The molecule has 0 saturated carbocycles. The first-order valence-corrected chi connectivity index (χ1v) is 5.50. The van der Waals surface area contributed by atoms with Crippen LogP contribution in [-0.2, 0) is 0 Å². The third-order valence-electron chi connectivity index (χ3n) is 2.06. The predicted octanol–water partition coefficient (Wildman–Crippen LogP) is 1.66. The summed E-state index contributed by atoms with van der Waals surface area (Å²) in [6.07, 6.45) is 3.38. The highest BCUT2D eigenvalue weighted by Crippen LogP contribution is 2.20. The summed E-state index contributed by atoms with van der Waals surface area (Å²) >= 11 is 11.2. The Balaban J connectivity index is 2.03. The average molecular weight is 255 g/mol. The smallest absolute Gasteiger partial charge is 0.192 e. The van der Waals surface area contributed by atoms with Gasteiger partial charge in [-0.25, -0.2) is 5.43 Å². The van der Waals surface area contributed by atoms with Crippen LogP contribution in [0.1, 0.15) is 0 Å². The summed E-state index contributed by atoms with van der Waals surface area (Å²) in [6.45, 7) is 0. The number of para-hydroxylation sites is 1. The van der Waals surface area contributed by atoms with E-state index in [1.54, 1.807) is 23.4 Å². The largest absolute Gasteiger partial charge is 0.330 e. The van der Waals surface area contributed by atoms with E-state index in [4.69, 9.17) is 29.6 Å². The van der Waals surface area contributed by atoms with Gasteiger partial charge < -0.3 is 11.1 Å². The second-order valence-corrected chi connectivity index (χ2v) is 4.07. The van der Waals surface area contributed by atoms with E-state index in [0.717, 1.165) is 5.69 Å². The number of hydrogen-bond donors (Lipinski definition) is 3. The van der Waals surface area contributed by atoms with E-state index in [9.17, 15) is 0 Å². The second kappa shape index (κ2) is 4.80. The van der Waals surface area contributed by atoms with Gasteiger partial charge in [0.15, 0.2) is 5.11 Å². The van der Waals surface area contributed by atoms with E-state index in [2.05, 4.69) is 10.7 Å². The van der Waals surface area contributed by atoms with E-state index in [-0.39, 0.29) is 6.17 Å². The van der Waals surface area contributed by atoms with E-state index in [0.29, 0.717) is 10.1 Å². The van der Waals surface area contributed by atoms with Crippen LogP contribution in [0.5, 0.6) is 0 Å². The van der Waals surface area contributed by atoms with Gasteiger partial charge in [-0.2, -0.15) is 0 Å². The van der Waals surface area contributed by atoms with Crippen molar-refractivity contribution in [2.75, 3.05) is 5.32 Å². The van der Waals surface area contributed by atoms with Gasteiger partial charge in [0.2, 0.25) is 0 Å². The molecule has 1 atom stereocenters. The molecule has 6 heteroatoms. The standard InChI is InChI=1S/C10H11ClN4S/c11-7-3-1-2-4-8(7)13-10(16)15-6-5-9(12)14-15/h1-6,9,14H,12H2,(H,13,16). The lowest BCUT2D eigenvalue weighted by Crippen LogP contribution is -2.45. The van der Waals surface area contributed by atoms with E-state index in [1.807, 2.05) is 18.2 Å². The molecule has 0 aliphatic carbocycles. The van der Waals surface area contributed by atoms with Crippen molar-refractivity contribution < 1.29 is 0 Å². The van der Waals surface area contributed by atoms with Crippen LogP contribution in [0, 0.1) is 0 Å². The molecule has 1 unspecified atom stereocenters. The number of benzene rings is 1. The van der Waals surface area contributed by atoms with Gasteiger partial charge >= 0.3 is 0 Å². The molecule has 84 valence electrons. The van der Waals surface area contributed by atoms with Crippen molar-refractivity contribution in [1.82, 2.24) is 10.4 Å². The molecular formula is C10H11ClN4S. The Morgan fingerprint density at radius 2 is 2.25 bits per heavy atom. The van der Waals surface area contributed by atoms with Gasteiger partial charge in [-0.1, -0.05) is 23.7 Å². The number of hydrogen-bond acceptors (Lipinski definition) is 3. The highest BCUT2D eigenvalue weighted by Gasteiger charge is 2.15. The van der Waals surface area contributed by atoms with Crippen molar-refractivity contribution in [3.63, 3.8) is 0 Å². The molecule has 0 fully saturated rings. The number of halogens is 1. The fourth-order valence-electron chi connectivity index (χ4n) is 1.29. The van der Waals surface area contributed by atoms with Crippen molar-refractivity contribution in [1.29, 1.82) is 0 Å². The maximum atomic E-state index is 6.00. The van der Waals surface area contributed by atoms with Crippen LogP contribution in [0.25, 0.3) is 0 Å². The highest BCUT2D eigenvalue weighted by atomic mass is 35.5. The lowest BCUT2D eigenvalue weighted by molar-refractivity contribution is 0.412. The molecule has 0 aromatic heterocycles. The number of anilines is 1. The topological polar surface area (TPSA) is 53.3 Å². The molecule has 1 heterocycles. The molecule has 0 spiro atoms. The molecule has 1 aliphatic heterocycles. The van der Waals surface area contributed by atoms with E-state index < -0.39 is 0 Å². The monoisotopic (exact) mass is 254 g/mol. The number of hydrazine groups is 1. The number of nitrogens with two attached hydrogens (primary N) is 1. The Bertz CT molecular complexity index is 435. The zero-order chi connectivity index (χ0) is 11.5. The molecule has 4 N–H and O–H groups in total. The summed E-state index contributed by atoms with van der Waals surface area (Å²) in [5, 5.41) is 5.79. The summed E-state index contributed by atoms with van der Waals surface area (Å²) in [7, 11) is 0. The van der Waals surface area contributed by atoms with Gasteiger partial charge in [0.1, 0.15) is 0 Å². The molecule has 1 aromatic rings. The molecule has 0 bridgehead atoms. The van der Waals surface area contributed by atoms with Crippen LogP contribution < -0.4 is 16.5 Å². The van der Waals surface area contributed by atoms with Crippen molar-refractivity contribution in [3.8, 4) is 0 Å². The average Bonchev–Trinajstić information content (AvgIpc) is 2.68. The first-order chi connectivity index (χ1) is 7.66. The van der Waals surface area contributed by atoms with Crippen LogP contribution in [0.2, 0.25) is 5.02 Å². The van der Waals surface area contributed by atoms with E-state index in [1.165, 1.54) is 0 Å². The number of thiocarbonyl (C=S) groups is 1.